The van der Waals surface area contributed by atoms with Crippen molar-refractivity contribution < 1.29 is 50.5 Å². The van der Waals surface area contributed by atoms with Crippen molar-refractivity contribution in [2.24, 2.45) is 0 Å². The molecule has 0 saturated heterocycles. The van der Waals surface area contributed by atoms with E-state index in [4.69, 9.17) is 9.84 Å². The molecule has 0 bridgehead atoms. The molecule has 0 aliphatic carbocycles. The number of carboxylic acids is 1. The minimum absolute atomic E-state index is 0.0378. The zero-order chi connectivity index (χ0) is 31.9. The largest absolute Gasteiger partial charge is 0.573 e. The number of amides is 1. The fourth-order valence-corrected chi connectivity index (χ4v) is 4.01. The van der Waals surface area contributed by atoms with Crippen LogP contribution in [0.2, 0.25) is 0 Å². The van der Waals surface area contributed by atoms with Gasteiger partial charge in [0.2, 0.25) is 0 Å². The Bertz CT molecular complexity index is 1590. The first-order chi connectivity index (χ1) is 20.8. The molecule has 0 aliphatic rings. The molecule has 0 spiro atoms. The lowest BCUT2D eigenvalue weighted by molar-refractivity contribution is -0.274. The van der Waals surface area contributed by atoms with Gasteiger partial charge in [0.25, 0.3) is 5.91 Å². The van der Waals surface area contributed by atoms with E-state index in [-0.39, 0.29) is 30.8 Å². The van der Waals surface area contributed by atoms with Gasteiger partial charge >= 0.3 is 18.6 Å². The lowest BCUT2D eigenvalue weighted by Crippen LogP contribution is -2.25. The quantitative estimate of drug-likeness (QED) is 0.122. The molecule has 3 aromatic carbocycles. The van der Waals surface area contributed by atoms with Crippen molar-refractivity contribution in [3.63, 3.8) is 0 Å². The minimum Gasteiger partial charge on any atom is -0.489 e. The molecular formula is C30H23F6N3O5. The number of hydrogen-bond donors (Lipinski definition) is 3. The van der Waals surface area contributed by atoms with Gasteiger partial charge in [-0.25, -0.2) is 0 Å². The van der Waals surface area contributed by atoms with Crippen molar-refractivity contribution in [3.05, 3.63) is 96.2 Å². The predicted molar refractivity (Wildman–Crippen MR) is 147 cm³/mol. The Morgan fingerprint density at radius 2 is 1.41 bits per heavy atom. The average molecular weight is 620 g/mol. The molecule has 230 valence electrons. The van der Waals surface area contributed by atoms with Gasteiger partial charge in [-0.3, -0.25) is 19.9 Å². The Morgan fingerprint density at radius 3 is 2.00 bits per heavy atom. The summed E-state index contributed by atoms with van der Waals surface area (Å²) in [6.07, 6.45) is -8.22. The molecule has 44 heavy (non-hydrogen) atoms. The summed E-state index contributed by atoms with van der Waals surface area (Å²) in [5.74, 6) is -1.55. The Labute approximate surface area is 246 Å². The third-order valence-corrected chi connectivity index (χ3v) is 5.97. The normalized spacial score (nSPS) is 11.5. The molecule has 1 aromatic heterocycles. The molecule has 4 aromatic rings. The lowest BCUT2D eigenvalue weighted by atomic mass is 10.0. The fourth-order valence-electron chi connectivity index (χ4n) is 4.01. The van der Waals surface area contributed by atoms with Crippen molar-refractivity contribution in [2.75, 3.05) is 11.9 Å². The number of nitrogens with zero attached hydrogens (tertiary/aromatic N) is 1. The van der Waals surface area contributed by atoms with Crippen LogP contribution in [0.5, 0.6) is 11.5 Å². The highest BCUT2D eigenvalue weighted by Gasteiger charge is 2.31. The second-order valence-corrected chi connectivity index (χ2v) is 9.22. The van der Waals surface area contributed by atoms with Crippen LogP contribution >= 0.6 is 0 Å². The van der Waals surface area contributed by atoms with Crippen LogP contribution in [0.25, 0.3) is 22.4 Å². The number of carboxylic acid groups (broad SMARTS) is 1. The van der Waals surface area contributed by atoms with E-state index in [0.717, 1.165) is 12.1 Å². The van der Waals surface area contributed by atoms with Gasteiger partial charge in [-0.2, -0.15) is 13.2 Å². The summed E-state index contributed by atoms with van der Waals surface area (Å²) in [7, 11) is 0. The number of pyridine rings is 1. The maximum absolute atomic E-state index is 12.7. The lowest BCUT2D eigenvalue weighted by Gasteiger charge is -2.15. The van der Waals surface area contributed by atoms with Crippen molar-refractivity contribution in [3.8, 4) is 33.9 Å². The van der Waals surface area contributed by atoms with E-state index >= 15 is 0 Å². The summed E-state index contributed by atoms with van der Waals surface area (Å²) in [4.78, 5) is 27.3. The summed E-state index contributed by atoms with van der Waals surface area (Å²) >= 11 is 0. The van der Waals surface area contributed by atoms with Crippen LogP contribution in [0, 0.1) is 0 Å². The number of rotatable bonds is 11. The zero-order valence-electron chi connectivity index (χ0n) is 22.5. The molecule has 3 N–H and O–H groups in total. The number of aliphatic carboxylic acids is 1. The highest BCUT2D eigenvalue weighted by Crippen LogP contribution is 2.31. The molecule has 1 heterocycles. The van der Waals surface area contributed by atoms with E-state index in [1.807, 2.05) is 0 Å². The number of carbonyl (C=O) groups excluding carboxylic acids is 1. The first kappa shape index (κ1) is 31.7. The Kier molecular flexibility index (Phi) is 9.61. The van der Waals surface area contributed by atoms with Gasteiger partial charge in [0.1, 0.15) is 18.1 Å². The molecule has 0 unspecified atom stereocenters. The van der Waals surface area contributed by atoms with Gasteiger partial charge in [0, 0.05) is 40.7 Å². The molecule has 0 atom stereocenters. The topological polar surface area (TPSA) is 110 Å². The Hall–Kier alpha value is -5.27. The molecule has 1 amide bonds. The van der Waals surface area contributed by atoms with E-state index in [1.165, 1.54) is 72.2 Å². The van der Waals surface area contributed by atoms with Crippen LogP contribution < -0.4 is 20.1 Å². The second kappa shape index (κ2) is 13.4. The maximum Gasteiger partial charge on any atom is 0.573 e. The highest BCUT2D eigenvalue weighted by molar-refractivity contribution is 5.94. The SMILES string of the molecule is O=C(O)CCNC(=O)c1ccc(OCc2cc(-c3ccc(OC(F)(F)F)cc3)cnc2-c2ccc(NC(F)(F)F)cc2)cc1. The molecule has 8 nitrogen and oxygen atoms in total. The van der Waals surface area contributed by atoms with E-state index in [0.29, 0.717) is 33.7 Å². The predicted octanol–water partition coefficient (Wildman–Crippen LogP) is 7.03. The summed E-state index contributed by atoms with van der Waals surface area (Å²) in [5, 5.41) is 12.6. The molecule has 4 rings (SSSR count). The monoisotopic (exact) mass is 619 g/mol. The number of carbonyl (C=O) groups is 2. The van der Waals surface area contributed by atoms with Gasteiger partial charge in [0.05, 0.1) is 12.1 Å². The van der Waals surface area contributed by atoms with Gasteiger partial charge in [-0.05, 0) is 60.2 Å². The molecule has 14 heteroatoms. The second-order valence-electron chi connectivity index (χ2n) is 9.22. The third kappa shape index (κ3) is 9.37. The van der Waals surface area contributed by atoms with Gasteiger partial charge in [-0.15, -0.1) is 13.2 Å². The van der Waals surface area contributed by atoms with E-state index in [1.54, 1.807) is 6.07 Å². The van der Waals surface area contributed by atoms with Crippen LogP contribution in [0.3, 0.4) is 0 Å². The number of halogens is 6. The first-order valence-corrected chi connectivity index (χ1v) is 12.8. The van der Waals surface area contributed by atoms with Crippen LogP contribution in [0.4, 0.5) is 32.0 Å². The van der Waals surface area contributed by atoms with Gasteiger partial charge in [-0.1, -0.05) is 24.3 Å². The van der Waals surface area contributed by atoms with Crippen molar-refractivity contribution in [1.82, 2.24) is 10.3 Å². The van der Waals surface area contributed by atoms with Crippen LogP contribution in [-0.4, -0.2) is 41.2 Å². The van der Waals surface area contributed by atoms with E-state index < -0.39 is 30.3 Å². The van der Waals surface area contributed by atoms with Crippen LogP contribution in [0.15, 0.2) is 85.1 Å². The standard InChI is InChI=1S/C30H23F6N3O5/c31-29(32,33)39-23-7-1-19(2-8-23)27-22(15-21(16-38-27)18-3-11-25(12-4-18)44-30(34,35)36)17-43-24-9-5-20(6-10-24)28(42)37-14-13-26(40)41/h1-12,15-16,39H,13-14,17H2,(H,37,42)(H,40,41). The summed E-state index contributed by atoms with van der Waals surface area (Å²) in [6.45, 7) is -0.109. The number of benzene rings is 3. The molecule has 0 aliphatic heterocycles. The zero-order valence-corrected chi connectivity index (χ0v) is 22.5. The molecule has 0 saturated carbocycles. The maximum atomic E-state index is 12.7. The summed E-state index contributed by atoms with van der Waals surface area (Å²) in [5.41, 5.74) is 2.51. The van der Waals surface area contributed by atoms with E-state index in [9.17, 15) is 35.9 Å². The summed E-state index contributed by atoms with van der Waals surface area (Å²) in [6, 6.07) is 18.2. The number of ether oxygens (including phenoxy) is 2. The Balaban J connectivity index is 1.57. The van der Waals surface area contributed by atoms with Gasteiger partial charge in [0.15, 0.2) is 0 Å². The number of anilines is 1. The van der Waals surface area contributed by atoms with Crippen LogP contribution in [-0.2, 0) is 11.4 Å². The molecule has 0 radical (unpaired) electrons. The Morgan fingerprint density at radius 1 is 0.795 bits per heavy atom. The molecular weight excluding hydrogens is 596 g/mol. The number of alkyl halides is 6. The van der Waals surface area contributed by atoms with Crippen molar-refractivity contribution in [2.45, 2.75) is 25.7 Å². The number of hydrogen-bond acceptors (Lipinski definition) is 6. The van der Waals surface area contributed by atoms with Crippen molar-refractivity contribution >= 4 is 17.6 Å². The average Bonchev–Trinajstić information content (AvgIpc) is 2.95. The van der Waals surface area contributed by atoms with Crippen molar-refractivity contribution in [1.29, 1.82) is 0 Å². The van der Waals surface area contributed by atoms with Gasteiger partial charge < -0.3 is 19.9 Å². The minimum atomic E-state index is -4.84. The fraction of sp³-hybridized carbons (Fsp3) is 0.167. The third-order valence-electron chi connectivity index (χ3n) is 5.97. The first-order valence-electron chi connectivity index (χ1n) is 12.8. The molecule has 0 fully saturated rings. The number of aromatic nitrogens is 1. The summed E-state index contributed by atoms with van der Waals surface area (Å²) < 4.78 is 85.6. The van der Waals surface area contributed by atoms with Crippen LogP contribution in [0.1, 0.15) is 22.3 Å². The smallest absolute Gasteiger partial charge is 0.489 e. The number of nitrogens with one attached hydrogen (secondary N) is 2. The highest BCUT2D eigenvalue weighted by atomic mass is 19.4. The van der Waals surface area contributed by atoms with E-state index in [2.05, 4.69) is 15.0 Å².